The van der Waals surface area contributed by atoms with Crippen molar-refractivity contribution < 1.29 is 0 Å². The summed E-state index contributed by atoms with van der Waals surface area (Å²) in [5.74, 6) is 0. The molecular weight excluding hydrogens is 212 g/mol. The van der Waals surface area contributed by atoms with Gasteiger partial charge in [-0.15, -0.1) is 0 Å². The molecule has 12 heavy (non-hydrogen) atoms. The van der Waals surface area contributed by atoms with Crippen molar-refractivity contribution in [3.63, 3.8) is 0 Å². The van der Waals surface area contributed by atoms with Crippen LogP contribution in [0.25, 0.3) is 6.08 Å². The quantitative estimate of drug-likeness (QED) is 0.628. The fraction of sp³-hybridized carbons (Fsp3) is 0.273. The van der Waals surface area contributed by atoms with Crippen LogP contribution < -0.4 is 0 Å². The Kier molecular flexibility index (Phi) is 1.65. The Morgan fingerprint density at radius 1 is 1.17 bits per heavy atom. The number of hydrogen-bond acceptors (Lipinski definition) is 0. The Labute approximate surface area is 81.4 Å². The molecule has 0 nitrogen and oxygen atoms in total. The molecule has 1 aliphatic rings. The van der Waals surface area contributed by atoms with Gasteiger partial charge in [0.15, 0.2) is 0 Å². The molecule has 1 heteroatoms. The van der Waals surface area contributed by atoms with E-state index in [1.54, 1.807) is 0 Å². The number of halogens is 1. The smallest absolute Gasteiger partial charge is 0.0218 e. The maximum atomic E-state index is 3.60. The van der Waals surface area contributed by atoms with Gasteiger partial charge in [-0.25, -0.2) is 0 Å². The first-order valence-corrected chi connectivity index (χ1v) is 4.89. The lowest BCUT2D eigenvalue weighted by atomic mass is 9.87. The molecule has 0 bridgehead atoms. The summed E-state index contributed by atoms with van der Waals surface area (Å²) in [7, 11) is 0. The molecule has 0 unspecified atom stereocenters. The van der Waals surface area contributed by atoms with Gasteiger partial charge in [-0.3, -0.25) is 0 Å². The summed E-state index contributed by atoms with van der Waals surface area (Å²) in [5, 5.41) is 0. The number of benzene rings is 1. The molecule has 1 aromatic carbocycles. The van der Waals surface area contributed by atoms with E-state index in [9.17, 15) is 0 Å². The highest BCUT2D eigenvalue weighted by Gasteiger charge is 2.30. The van der Waals surface area contributed by atoms with Crippen LogP contribution in [0.1, 0.15) is 25.0 Å². The first-order valence-electron chi connectivity index (χ1n) is 4.09. The van der Waals surface area contributed by atoms with E-state index >= 15 is 0 Å². The van der Waals surface area contributed by atoms with Crippen LogP contribution >= 0.6 is 15.9 Å². The molecule has 62 valence electrons. The van der Waals surface area contributed by atoms with Gasteiger partial charge in [-0.1, -0.05) is 54.0 Å². The number of fused-ring (bicyclic) bond motifs is 1. The van der Waals surface area contributed by atoms with E-state index in [4.69, 9.17) is 0 Å². The largest absolute Gasteiger partial charge is 0.0619 e. The minimum absolute atomic E-state index is 0.163. The topological polar surface area (TPSA) is 0 Å². The van der Waals surface area contributed by atoms with Crippen LogP contribution in [0.4, 0.5) is 0 Å². The van der Waals surface area contributed by atoms with Crippen LogP contribution in [0, 0.1) is 0 Å². The van der Waals surface area contributed by atoms with Gasteiger partial charge in [-0.05, 0) is 17.2 Å². The van der Waals surface area contributed by atoms with Crippen LogP contribution in [0.3, 0.4) is 0 Å². The zero-order valence-corrected chi connectivity index (χ0v) is 8.85. The van der Waals surface area contributed by atoms with E-state index < -0.39 is 0 Å². The summed E-state index contributed by atoms with van der Waals surface area (Å²) in [6.07, 6.45) is 2.20. The first kappa shape index (κ1) is 8.06. The average molecular weight is 223 g/mol. The summed E-state index contributed by atoms with van der Waals surface area (Å²) in [6, 6.07) is 8.53. The Balaban J connectivity index is 2.66. The second-order valence-electron chi connectivity index (χ2n) is 3.70. The van der Waals surface area contributed by atoms with Gasteiger partial charge in [-0.2, -0.15) is 0 Å². The summed E-state index contributed by atoms with van der Waals surface area (Å²) in [4.78, 5) is 0. The van der Waals surface area contributed by atoms with E-state index in [0.717, 1.165) is 0 Å². The fourth-order valence-electron chi connectivity index (χ4n) is 1.64. The zero-order chi connectivity index (χ0) is 8.77. The van der Waals surface area contributed by atoms with Crippen molar-refractivity contribution in [3.8, 4) is 0 Å². The molecule has 1 aromatic rings. The minimum Gasteiger partial charge on any atom is -0.0619 e. The van der Waals surface area contributed by atoms with Crippen molar-refractivity contribution in [1.29, 1.82) is 0 Å². The summed E-state index contributed by atoms with van der Waals surface area (Å²) >= 11 is 3.60. The number of rotatable bonds is 0. The molecule has 0 aromatic heterocycles. The first-order chi connectivity index (χ1) is 5.62. The highest BCUT2D eigenvalue weighted by atomic mass is 79.9. The lowest BCUT2D eigenvalue weighted by molar-refractivity contribution is 0.675. The van der Waals surface area contributed by atoms with Crippen molar-refractivity contribution in [1.82, 2.24) is 0 Å². The Morgan fingerprint density at radius 3 is 2.50 bits per heavy atom. The standard InChI is InChI=1S/C11H11Br/c1-11(2)9-6-4-3-5-8(9)7-10(11)12/h3-7H,1-2H3. The van der Waals surface area contributed by atoms with Crippen molar-refractivity contribution >= 4 is 22.0 Å². The second-order valence-corrected chi connectivity index (χ2v) is 4.56. The van der Waals surface area contributed by atoms with Crippen molar-refractivity contribution in [2.75, 3.05) is 0 Å². The molecule has 0 amide bonds. The van der Waals surface area contributed by atoms with Crippen LogP contribution in [0.5, 0.6) is 0 Å². The monoisotopic (exact) mass is 222 g/mol. The third-order valence-electron chi connectivity index (χ3n) is 2.51. The van der Waals surface area contributed by atoms with Gasteiger partial charge < -0.3 is 0 Å². The van der Waals surface area contributed by atoms with Crippen LogP contribution in [0.2, 0.25) is 0 Å². The van der Waals surface area contributed by atoms with Gasteiger partial charge in [0.1, 0.15) is 0 Å². The molecule has 2 rings (SSSR count). The van der Waals surface area contributed by atoms with Crippen LogP contribution in [0.15, 0.2) is 28.7 Å². The maximum Gasteiger partial charge on any atom is 0.0218 e. The molecule has 0 heterocycles. The predicted octanol–water partition coefficient (Wildman–Crippen LogP) is 3.71. The lowest BCUT2D eigenvalue weighted by Gasteiger charge is -2.20. The third kappa shape index (κ3) is 0.962. The molecular formula is C11H11Br. The molecule has 0 aliphatic heterocycles. The van der Waals surface area contributed by atoms with E-state index in [2.05, 4.69) is 60.1 Å². The summed E-state index contributed by atoms with van der Waals surface area (Å²) in [5.41, 5.74) is 2.92. The molecule has 0 spiro atoms. The normalized spacial score (nSPS) is 18.8. The Hall–Kier alpha value is -0.560. The van der Waals surface area contributed by atoms with Crippen LogP contribution in [-0.4, -0.2) is 0 Å². The number of allylic oxidation sites excluding steroid dienone is 1. The maximum absolute atomic E-state index is 3.60. The summed E-state index contributed by atoms with van der Waals surface area (Å²) in [6.45, 7) is 4.47. The van der Waals surface area contributed by atoms with Crippen molar-refractivity contribution in [2.45, 2.75) is 19.3 Å². The zero-order valence-electron chi connectivity index (χ0n) is 7.26. The van der Waals surface area contributed by atoms with Gasteiger partial charge in [0.25, 0.3) is 0 Å². The fourth-order valence-corrected chi connectivity index (χ4v) is 2.10. The molecule has 0 radical (unpaired) electrons. The average Bonchev–Trinajstić information content (AvgIpc) is 2.25. The SMILES string of the molecule is CC1(C)C(Br)=Cc2ccccc21. The second kappa shape index (κ2) is 2.46. The third-order valence-corrected chi connectivity index (χ3v) is 3.73. The Bertz CT molecular complexity index is 348. The van der Waals surface area contributed by atoms with Gasteiger partial charge >= 0.3 is 0 Å². The van der Waals surface area contributed by atoms with E-state index in [1.165, 1.54) is 15.6 Å². The highest BCUT2D eigenvalue weighted by Crippen LogP contribution is 2.43. The molecule has 0 saturated heterocycles. The minimum atomic E-state index is 0.163. The van der Waals surface area contributed by atoms with Crippen molar-refractivity contribution in [3.05, 3.63) is 39.9 Å². The highest BCUT2D eigenvalue weighted by molar-refractivity contribution is 9.11. The van der Waals surface area contributed by atoms with Gasteiger partial charge in [0.05, 0.1) is 0 Å². The predicted molar refractivity (Wildman–Crippen MR) is 56.4 cm³/mol. The number of hydrogen-bond donors (Lipinski definition) is 0. The van der Waals surface area contributed by atoms with Crippen LogP contribution in [-0.2, 0) is 5.41 Å². The van der Waals surface area contributed by atoms with E-state index in [-0.39, 0.29) is 5.41 Å². The molecule has 0 saturated carbocycles. The molecule has 0 fully saturated rings. The lowest BCUT2D eigenvalue weighted by Crippen LogP contribution is -2.13. The van der Waals surface area contributed by atoms with E-state index in [0.29, 0.717) is 0 Å². The molecule has 1 aliphatic carbocycles. The van der Waals surface area contributed by atoms with E-state index in [1.807, 2.05) is 0 Å². The van der Waals surface area contributed by atoms with Crippen molar-refractivity contribution in [2.24, 2.45) is 0 Å². The summed E-state index contributed by atoms with van der Waals surface area (Å²) < 4.78 is 1.27. The Morgan fingerprint density at radius 2 is 1.83 bits per heavy atom. The molecule has 0 atom stereocenters. The van der Waals surface area contributed by atoms with Gasteiger partial charge in [0, 0.05) is 9.90 Å². The van der Waals surface area contributed by atoms with Gasteiger partial charge in [0.2, 0.25) is 0 Å². The molecule has 0 N–H and O–H groups in total.